The number of aryl methyl sites for hydroxylation is 1. The summed E-state index contributed by atoms with van der Waals surface area (Å²) in [5.74, 6) is 0.191. The molecule has 0 saturated carbocycles. The van der Waals surface area contributed by atoms with Crippen molar-refractivity contribution in [2.45, 2.75) is 64.9 Å². The molecular formula is C21H28N2O3. The maximum Gasteiger partial charge on any atom is 0.344 e. The lowest BCUT2D eigenvalue weighted by molar-refractivity contribution is -0.144. The number of aliphatic carboxylic acids is 1. The summed E-state index contributed by atoms with van der Waals surface area (Å²) in [4.78, 5) is 19.7. The van der Waals surface area contributed by atoms with Gasteiger partial charge < -0.3 is 9.84 Å². The molecule has 0 radical (unpaired) electrons. The molecular weight excluding hydrogens is 328 g/mol. The van der Waals surface area contributed by atoms with E-state index in [4.69, 9.17) is 9.84 Å². The molecule has 0 amide bonds. The van der Waals surface area contributed by atoms with Gasteiger partial charge in [-0.05, 0) is 49.6 Å². The minimum Gasteiger partial charge on any atom is -0.479 e. The van der Waals surface area contributed by atoms with Gasteiger partial charge in [0.05, 0.1) is 0 Å². The number of carbonyl (C=O) groups is 1. The van der Waals surface area contributed by atoms with Gasteiger partial charge in [-0.15, -0.1) is 0 Å². The summed E-state index contributed by atoms with van der Waals surface area (Å²) in [5, 5.41) is 8.87. The Balaban J connectivity index is 1.84. The molecule has 0 fully saturated rings. The summed E-state index contributed by atoms with van der Waals surface area (Å²) >= 11 is 0. The Morgan fingerprint density at radius 3 is 2.27 bits per heavy atom. The third-order valence-electron chi connectivity index (χ3n) is 4.30. The van der Waals surface area contributed by atoms with Crippen LogP contribution in [0.2, 0.25) is 0 Å². The predicted molar refractivity (Wildman–Crippen MR) is 102 cm³/mol. The van der Waals surface area contributed by atoms with Gasteiger partial charge in [-0.1, -0.05) is 39.0 Å². The molecule has 2 aromatic rings. The Kier molecular flexibility index (Phi) is 8.06. The highest BCUT2D eigenvalue weighted by Gasteiger charge is 2.12. The molecule has 0 saturated heterocycles. The Morgan fingerprint density at radius 2 is 1.65 bits per heavy atom. The van der Waals surface area contributed by atoms with Crippen LogP contribution in [0, 0.1) is 0 Å². The first-order valence-electron chi connectivity index (χ1n) is 9.41. The largest absolute Gasteiger partial charge is 0.479 e. The van der Waals surface area contributed by atoms with Crippen LogP contribution in [0.25, 0.3) is 11.4 Å². The van der Waals surface area contributed by atoms with Gasteiger partial charge in [0.2, 0.25) is 0 Å². The highest BCUT2D eigenvalue weighted by molar-refractivity contribution is 5.72. The Hall–Kier alpha value is -2.43. The number of unbranched alkanes of at least 4 members (excludes halogenated alkanes) is 5. The van der Waals surface area contributed by atoms with E-state index in [9.17, 15) is 4.79 Å². The quantitative estimate of drug-likeness (QED) is 0.580. The van der Waals surface area contributed by atoms with Crippen LogP contribution in [0.3, 0.4) is 0 Å². The first-order valence-corrected chi connectivity index (χ1v) is 9.41. The van der Waals surface area contributed by atoms with Crippen LogP contribution >= 0.6 is 0 Å². The molecule has 1 aromatic heterocycles. The summed E-state index contributed by atoms with van der Waals surface area (Å²) in [5.41, 5.74) is 2.05. The van der Waals surface area contributed by atoms with Crippen LogP contribution < -0.4 is 4.74 Å². The summed E-state index contributed by atoms with van der Waals surface area (Å²) < 4.78 is 5.32. The molecule has 5 heteroatoms. The van der Waals surface area contributed by atoms with Crippen LogP contribution in [0.5, 0.6) is 5.75 Å². The molecule has 1 atom stereocenters. The molecule has 0 aliphatic heterocycles. The molecule has 0 spiro atoms. The van der Waals surface area contributed by atoms with Crippen LogP contribution in [0.1, 0.15) is 57.9 Å². The fourth-order valence-corrected chi connectivity index (χ4v) is 2.68. The van der Waals surface area contributed by atoms with Gasteiger partial charge in [0.25, 0.3) is 0 Å². The zero-order chi connectivity index (χ0) is 18.8. The van der Waals surface area contributed by atoms with Crippen molar-refractivity contribution >= 4 is 5.97 Å². The fraction of sp³-hybridized carbons (Fsp3) is 0.476. The van der Waals surface area contributed by atoms with E-state index in [0.717, 1.165) is 12.0 Å². The van der Waals surface area contributed by atoms with E-state index >= 15 is 0 Å². The highest BCUT2D eigenvalue weighted by atomic mass is 16.5. The van der Waals surface area contributed by atoms with E-state index in [1.807, 2.05) is 24.5 Å². The molecule has 1 N–H and O–H groups in total. The van der Waals surface area contributed by atoms with Gasteiger partial charge >= 0.3 is 5.97 Å². The molecule has 1 aromatic carbocycles. The van der Waals surface area contributed by atoms with Gasteiger partial charge in [0, 0.05) is 18.0 Å². The highest BCUT2D eigenvalue weighted by Crippen LogP contribution is 2.20. The van der Waals surface area contributed by atoms with E-state index in [1.54, 1.807) is 12.1 Å². The summed E-state index contributed by atoms with van der Waals surface area (Å²) in [6.45, 7) is 3.73. The van der Waals surface area contributed by atoms with Crippen molar-refractivity contribution in [3.8, 4) is 17.1 Å². The summed E-state index contributed by atoms with van der Waals surface area (Å²) in [6.07, 6.45) is 11.6. The zero-order valence-electron chi connectivity index (χ0n) is 15.6. The number of ether oxygens (including phenoxy) is 1. The van der Waals surface area contributed by atoms with Crippen molar-refractivity contribution in [1.82, 2.24) is 9.97 Å². The molecule has 5 nitrogen and oxygen atoms in total. The normalized spacial score (nSPS) is 11.9. The fourth-order valence-electron chi connectivity index (χ4n) is 2.68. The number of nitrogens with zero attached hydrogens (tertiary/aromatic N) is 2. The number of rotatable bonds is 11. The number of benzene rings is 1. The minimum absolute atomic E-state index is 0.517. The lowest BCUT2D eigenvalue weighted by Crippen LogP contribution is -2.22. The smallest absolute Gasteiger partial charge is 0.344 e. The lowest BCUT2D eigenvalue weighted by atomic mass is 10.1. The van der Waals surface area contributed by atoms with E-state index in [0.29, 0.717) is 11.6 Å². The second kappa shape index (κ2) is 10.5. The number of hydrogen-bond donors (Lipinski definition) is 1. The average Bonchev–Trinajstić information content (AvgIpc) is 2.65. The molecule has 1 heterocycles. The number of aromatic nitrogens is 2. The lowest BCUT2D eigenvalue weighted by Gasteiger charge is -2.10. The standard InChI is InChI=1S/C21H28N2O3/c1-3-4-5-6-7-8-9-17-14-22-20(23-15-17)18-10-12-19(13-11-18)26-16(2)21(24)25/h10-16H,3-9H2,1-2H3,(H,24,25)/t16-/m1/s1. The minimum atomic E-state index is -0.988. The van der Waals surface area contributed by atoms with Crippen molar-refractivity contribution in [2.24, 2.45) is 0 Å². The predicted octanol–water partition coefficient (Wildman–Crippen LogP) is 4.90. The van der Waals surface area contributed by atoms with Crippen LogP contribution in [-0.4, -0.2) is 27.1 Å². The summed E-state index contributed by atoms with van der Waals surface area (Å²) in [7, 11) is 0. The molecule has 2 rings (SSSR count). The van der Waals surface area contributed by atoms with Gasteiger partial charge in [-0.25, -0.2) is 14.8 Å². The number of hydrogen-bond acceptors (Lipinski definition) is 4. The molecule has 140 valence electrons. The zero-order valence-corrected chi connectivity index (χ0v) is 15.6. The van der Waals surface area contributed by atoms with Gasteiger partial charge in [-0.2, -0.15) is 0 Å². The van der Waals surface area contributed by atoms with Crippen molar-refractivity contribution in [3.63, 3.8) is 0 Å². The third kappa shape index (κ3) is 6.47. The molecule has 0 aliphatic carbocycles. The topological polar surface area (TPSA) is 72.3 Å². The number of carboxylic acids is 1. The molecule has 26 heavy (non-hydrogen) atoms. The Morgan fingerprint density at radius 1 is 1.04 bits per heavy atom. The van der Waals surface area contributed by atoms with Gasteiger partial charge in [0.1, 0.15) is 5.75 Å². The maximum absolute atomic E-state index is 10.8. The Labute approximate surface area is 155 Å². The van der Waals surface area contributed by atoms with E-state index in [1.165, 1.54) is 51.0 Å². The Bertz CT molecular complexity index is 669. The van der Waals surface area contributed by atoms with Gasteiger partial charge in [-0.3, -0.25) is 0 Å². The van der Waals surface area contributed by atoms with Crippen molar-refractivity contribution < 1.29 is 14.6 Å². The monoisotopic (exact) mass is 356 g/mol. The SMILES string of the molecule is CCCCCCCCc1cnc(-c2ccc(O[C@H](C)C(=O)O)cc2)nc1. The first kappa shape index (κ1) is 19.9. The van der Waals surface area contributed by atoms with E-state index in [2.05, 4.69) is 16.9 Å². The van der Waals surface area contributed by atoms with Crippen molar-refractivity contribution in [2.75, 3.05) is 0 Å². The van der Waals surface area contributed by atoms with E-state index < -0.39 is 12.1 Å². The third-order valence-corrected chi connectivity index (χ3v) is 4.30. The van der Waals surface area contributed by atoms with Crippen molar-refractivity contribution in [3.05, 3.63) is 42.2 Å². The molecule has 0 aliphatic rings. The summed E-state index contributed by atoms with van der Waals surface area (Å²) in [6, 6.07) is 7.16. The second-order valence-corrected chi connectivity index (χ2v) is 6.56. The van der Waals surface area contributed by atoms with Crippen LogP contribution in [0.4, 0.5) is 0 Å². The molecule has 0 unspecified atom stereocenters. The van der Waals surface area contributed by atoms with Crippen LogP contribution in [0.15, 0.2) is 36.7 Å². The maximum atomic E-state index is 10.8. The average molecular weight is 356 g/mol. The second-order valence-electron chi connectivity index (χ2n) is 6.56. The van der Waals surface area contributed by atoms with Gasteiger partial charge in [0.15, 0.2) is 11.9 Å². The van der Waals surface area contributed by atoms with E-state index in [-0.39, 0.29) is 0 Å². The number of carboxylic acid groups (broad SMARTS) is 1. The molecule has 0 bridgehead atoms. The van der Waals surface area contributed by atoms with Crippen molar-refractivity contribution in [1.29, 1.82) is 0 Å². The first-order chi connectivity index (χ1) is 12.6. The van der Waals surface area contributed by atoms with Crippen LogP contribution in [-0.2, 0) is 11.2 Å².